The maximum absolute atomic E-state index is 11.7. The zero-order chi connectivity index (χ0) is 14.6. The molecule has 0 atom stereocenters. The molecule has 2 rings (SSSR count). The van der Waals surface area contributed by atoms with E-state index < -0.39 is 10.0 Å². The first-order valence-electron chi connectivity index (χ1n) is 5.60. The van der Waals surface area contributed by atoms with Gasteiger partial charge in [-0.05, 0) is 35.7 Å². The molecule has 0 saturated carbocycles. The summed E-state index contributed by atoms with van der Waals surface area (Å²) in [6.07, 6.45) is 2.92. The van der Waals surface area contributed by atoms with Crippen molar-refractivity contribution in [3.63, 3.8) is 0 Å². The highest BCUT2D eigenvalue weighted by molar-refractivity contribution is 7.89. The van der Waals surface area contributed by atoms with Crippen molar-refractivity contribution in [1.82, 2.24) is 0 Å². The number of rotatable bonds is 5. The van der Waals surface area contributed by atoms with Gasteiger partial charge in [0.2, 0.25) is 10.0 Å². The lowest BCUT2D eigenvalue weighted by Gasteiger charge is -2.02. The molecule has 3 N–H and O–H groups in total. The molecule has 0 saturated heterocycles. The maximum Gasteiger partial charge on any atom is 0.238 e. The summed E-state index contributed by atoms with van der Waals surface area (Å²) in [5.41, 5.74) is 0.660. The van der Waals surface area contributed by atoms with Crippen LogP contribution < -0.4 is 10.5 Å². The maximum atomic E-state index is 11.7. The molecule has 0 bridgehead atoms. The number of carbonyl (C=O) groups excluding carboxylic acids is 1. The van der Waals surface area contributed by atoms with Crippen molar-refractivity contribution < 1.29 is 13.2 Å². The second-order valence-electron chi connectivity index (χ2n) is 3.89. The van der Waals surface area contributed by atoms with Gasteiger partial charge in [0.15, 0.2) is 5.78 Å². The number of sulfonamides is 1. The van der Waals surface area contributed by atoms with Crippen LogP contribution in [0.4, 0.5) is 5.69 Å². The van der Waals surface area contributed by atoms with Crippen LogP contribution in [0.25, 0.3) is 0 Å². The Balaban J connectivity index is 1.99. The highest BCUT2D eigenvalue weighted by Gasteiger charge is 2.06. The van der Waals surface area contributed by atoms with Gasteiger partial charge in [0.1, 0.15) is 0 Å². The van der Waals surface area contributed by atoms with Crippen molar-refractivity contribution >= 4 is 32.8 Å². The van der Waals surface area contributed by atoms with Gasteiger partial charge in [-0.25, -0.2) is 13.6 Å². The Morgan fingerprint density at radius 2 is 1.90 bits per heavy atom. The average Bonchev–Trinajstić information content (AvgIpc) is 2.92. The zero-order valence-electron chi connectivity index (χ0n) is 10.3. The topological polar surface area (TPSA) is 89.3 Å². The number of nitrogens with two attached hydrogens (primary N) is 1. The second kappa shape index (κ2) is 6.00. The lowest BCUT2D eigenvalue weighted by molar-refractivity contribution is 0.105. The standard InChI is InChI=1S/C13H12N2O3S2/c14-20(17,18)11-5-3-10(4-6-11)15-8-7-12(16)13-2-1-9-19-13/h1-9,15H,(H2,14,17,18)/b8-7+. The molecule has 5 nitrogen and oxygen atoms in total. The van der Waals surface area contributed by atoms with Crippen molar-refractivity contribution in [3.8, 4) is 0 Å². The summed E-state index contributed by atoms with van der Waals surface area (Å²) in [6, 6.07) is 9.49. The smallest absolute Gasteiger partial charge is 0.238 e. The molecule has 0 fully saturated rings. The van der Waals surface area contributed by atoms with E-state index in [1.165, 1.54) is 35.7 Å². The average molecular weight is 308 g/mol. The lowest BCUT2D eigenvalue weighted by atomic mass is 10.3. The molecule has 2 aromatic rings. The molecule has 1 heterocycles. The molecule has 0 aliphatic rings. The van der Waals surface area contributed by atoms with Gasteiger partial charge < -0.3 is 5.32 Å². The number of benzene rings is 1. The molecule has 0 radical (unpaired) electrons. The van der Waals surface area contributed by atoms with E-state index in [-0.39, 0.29) is 10.7 Å². The minimum absolute atomic E-state index is 0.0432. The van der Waals surface area contributed by atoms with E-state index in [9.17, 15) is 13.2 Å². The predicted molar refractivity (Wildman–Crippen MR) is 79.2 cm³/mol. The van der Waals surface area contributed by atoms with Gasteiger partial charge in [0.05, 0.1) is 9.77 Å². The Kier molecular flexibility index (Phi) is 4.33. The van der Waals surface area contributed by atoms with E-state index in [4.69, 9.17) is 5.14 Å². The molecule has 0 amide bonds. The summed E-state index contributed by atoms with van der Waals surface area (Å²) in [5.74, 6) is -0.0892. The Morgan fingerprint density at radius 1 is 1.20 bits per heavy atom. The molecule has 104 valence electrons. The summed E-state index contributed by atoms with van der Waals surface area (Å²) in [5, 5.41) is 9.71. The second-order valence-corrected chi connectivity index (χ2v) is 6.40. The third-order valence-electron chi connectivity index (χ3n) is 2.43. The van der Waals surface area contributed by atoms with Crippen LogP contribution in [0.1, 0.15) is 9.67 Å². The van der Waals surface area contributed by atoms with Crippen molar-refractivity contribution in [2.45, 2.75) is 4.90 Å². The lowest BCUT2D eigenvalue weighted by Crippen LogP contribution is -2.11. The van der Waals surface area contributed by atoms with Gasteiger partial charge in [-0.2, -0.15) is 0 Å². The molecule has 0 unspecified atom stereocenters. The Labute approximate surface area is 120 Å². The Bertz CT molecular complexity index is 717. The summed E-state index contributed by atoms with van der Waals surface area (Å²) < 4.78 is 22.2. The first-order chi connectivity index (χ1) is 9.47. The van der Waals surface area contributed by atoms with Crippen molar-refractivity contribution in [2.75, 3.05) is 5.32 Å². The largest absolute Gasteiger partial charge is 0.362 e. The molecule has 7 heteroatoms. The van der Waals surface area contributed by atoms with Crippen LogP contribution in [0.2, 0.25) is 0 Å². The minimum Gasteiger partial charge on any atom is -0.362 e. The normalized spacial score (nSPS) is 11.7. The predicted octanol–water partition coefficient (Wildman–Crippen LogP) is 2.20. The monoisotopic (exact) mass is 308 g/mol. The van der Waals surface area contributed by atoms with E-state index >= 15 is 0 Å². The molecule has 0 spiro atoms. The van der Waals surface area contributed by atoms with Gasteiger partial charge >= 0.3 is 0 Å². The summed E-state index contributed by atoms with van der Waals surface area (Å²) >= 11 is 1.37. The molecule has 0 aliphatic heterocycles. The Morgan fingerprint density at radius 3 is 2.45 bits per heavy atom. The fourth-order valence-electron chi connectivity index (χ4n) is 1.46. The first-order valence-corrected chi connectivity index (χ1v) is 8.03. The number of hydrogen-bond donors (Lipinski definition) is 2. The highest BCUT2D eigenvalue weighted by atomic mass is 32.2. The number of hydrogen-bond acceptors (Lipinski definition) is 5. The highest BCUT2D eigenvalue weighted by Crippen LogP contribution is 2.13. The van der Waals surface area contributed by atoms with Gasteiger partial charge in [-0.15, -0.1) is 11.3 Å². The summed E-state index contributed by atoms with van der Waals surface area (Å²) in [6.45, 7) is 0. The van der Waals surface area contributed by atoms with E-state index in [0.717, 1.165) is 0 Å². The number of thiophene rings is 1. The molecular formula is C13H12N2O3S2. The van der Waals surface area contributed by atoms with Crippen molar-refractivity contribution in [3.05, 3.63) is 58.9 Å². The fourth-order valence-corrected chi connectivity index (χ4v) is 2.62. The fraction of sp³-hybridized carbons (Fsp3) is 0. The van der Waals surface area contributed by atoms with Crippen molar-refractivity contribution in [1.29, 1.82) is 0 Å². The van der Waals surface area contributed by atoms with E-state index in [0.29, 0.717) is 10.6 Å². The van der Waals surface area contributed by atoms with E-state index in [1.54, 1.807) is 18.2 Å². The Hall–Kier alpha value is -1.96. The van der Waals surface area contributed by atoms with Crippen LogP contribution in [0, 0.1) is 0 Å². The number of carbonyl (C=O) groups is 1. The van der Waals surface area contributed by atoms with Crippen LogP contribution in [0.3, 0.4) is 0 Å². The van der Waals surface area contributed by atoms with Crippen LogP contribution in [0.15, 0.2) is 58.9 Å². The molecule has 20 heavy (non-hydrogen) atoms. The van der Waals surface area contributed by atoms with Crippen LogP contribution in [-0.4, -0.2) is 14.2 Å². The summed E-state index contributed by atoms with van der Waals surface area (Å²) in [7, 11) is -3.68. The van der Waals surface area contributed by atoms with Gasteiger partial charge in [0.25, 0.3) is 0 Å². The third kappa shape index (κ3) is 3.77. The SMILES string of the molecule is NS(=O)(=O)c1ccc(N/C=C/C(=O)c2cccs2)cc1. The first kappa shape index (κ1) is 14.4. The van der Waals surface area contributed by atoms with Crippen LogP contribution in [-0.2, 0) is 10.0 Å². The number of primary sulfonamides is 1. The quantitative estimate of drug-likeness (QED) is 0.654. The minimum atomic E-state index is -3.68. The molecule has 1 aromatic heterocycles. The van der Waals surface area contributed by atoms with Gasteiger partial charge in [-0.3, -0.25) is 4.79 Å². The van der Waals surface area contributed by atoms with E-state index in [1.807, 2.05) is 11.4 Å². The number of anilines is 1. The van der Waals surface area contributed by atoms with E-state index in [2.05, 4.69) is 5.32 Å². The molecule has 1 aromatic carbocycles. The number of allylic oxidation sites excluding steroid dienone is 1. The van der Waals surface area contributed by atoms with Crippen LogP contribution in [0.5, 0.6) is 0 Å². The molecular weight excluding hydrogens is 296 g/mol. The number of ketones is 1. The van der Waals surface area contributed by atoms with Gasteiger partial charge in [0, 0.05) is 18.0 Å². The summed E-state index contributed by atoms with van der Waals surface area (Å²) in [4.78, 5) is 12.4. The number of nitrogens with one attached hydrogen (secondary N) is 1. The zero-order valence-corrected chi connectivity index (χ0v) is 11.9. The van der Waals surface area contributed by atoms with Crippen LogP contribution >= 0.6 is 11.3 Å². The molecule has 0 aliphatic carbocycles. The van der Waals surface area contributed by atoms with Gasteiger partial charge in [-0.1, -0.05) is 6.07 Å². The third-order valence-corrected chi connectivity index (χ3v) is 4.25. The van der Waals surface area contributed by atoms with Crippen molar-refractivity contribution in [2.24, 2.45) is 5.14 Å².